The zero-order valence-electron chi connectivity index (χ0n) is 17.4. The monoisotopic (exact) mass is 412 g/mol. The average Bonchev–Trinajstić information content (AvgIpc) is 2.79. The molecular weight excluding hydrogens is 383 g/mol. The van der Waals surface area contributed by atoms with Crippen molar-refractivity contribution in [1.29, 1.82) is 0 Å². The van der Waals surface area contributed by atoms with Crippen LogP contribution in [-0.4, -0.2) is 68.1 Å². The molecule has 0 unspecified atom stereocenters. The van der Waals surface area contributed by atoms with Crippen LogP contribution in [0.3, 0.4) is 0 Å². The van der Waals surface area contributed by atoms with Crippen molar-refractivity contribution in [3.05, 3.63) is 60.2 Å². The van der Waals surface area contributed by atoms with Crippen LogP contribution in [0.2, 0.25) is 0 Å². The molecule has 0 saturated carbocycles. The number of guanidine groups is 1. The molecule has 1 aromatic carbocycles. The van der Waals surface area contributed by atoms with Crippen LogP contribution in [0.25, 0.3) is 0 Å². The summed E-state index contributed by atoms with van der Waals surface area (Å²) in [7, 11) is 1.71. The number of nitrogens with zero attached hydrogens (tertiary/aromatic N) is 4. The highest BCUT2D eigenvalue weighted by molar-refractivity contribution is 5.81. The van der Waals surface area contributed by atoms with Crippen molar-refractivity contribution in [1.82, 2.24) is 20.5 Å². The lowest BCUT2D eigenvalue weighted by atomic mass is 10.2. The second kappa shape index (κ2) is 11.1. The average molecular weight is 413 g/mol. The van der Waals surface area contributed by atoms with Crippen LogP contribution in [0, 0.1) is 5.82 Å². The largest absolute Gasteiger partial charge is 0.368 e. The first kappa shape index (κ1) is 21.5. The normalized spacial score (nSPS) is 14.5. The fourth-order valence-electron chi connectivity index (χ4n) is 3.39. The molecule has 7 nitrogen and oxygen atoms in total. The van der Waals surface area contributed by atoms with E-state index >= 15 is 0 Å². The first-order chi connectivity index (χ1) is 14.7. The Kier molecular flexibility index (Phi) is 8.00. The lowest BCUT2D eigenvalue weighted by molar-refractivity contribution is -0.131. The Morgan fingerprint density at radius 3 is 2.47 bits per heavy atom. The van der Waals surface area contributed by atoms with Crippen molar-refractivity contribution < 1.29 is 9.18 Å². The van der Waals surface area contributed by atoms with Crippen molar-refractivity contribution in [3.63, 3.8) is 0 Å². The molecule has 1 saturated heterocycles. The van der Waals surface area contributed by atoms with Gasteiger partial charge in [0.25, 0.3) is 0 Å². The van der Waals surface area contributed by atoms with Crippen LogP contribution in [0.4, 0.5) is 10.1 Å². The number of anilines is 1. The Morgan fingerprint density at radius 2 is 1.80 bits per heavy atom. The fourth-order valence-corrected chi connectivity index (χ4v) is 3.39. The van der Waals surface area contributed by atoms with Gasteiger partial charge in [0.05, 0.1) is 0 Å². The van der Waals surface area contributed by atoms with Crippen LogP contribution >= 0.6 is 0 Å². The summed E-state index contributed by atoms with van der Waals surface area (Å²) >= 11 is 0. The summed E-state index contributed by atoms with van der Waals surface area (Å²) in [5, 5.41) is 6.43. The first-order valence-corrected chi connectivity index (χ1v) is 10.3. The van der Waals surface area contributed by atoms with Crippen molar-refractivity contribution >= 4 is 17.6 Å². The summed E-state index contributed by atoms with van der Waals surface area (Å²) < 4.78 is 13.1. The molecule has 1 amide bonds. The van der Waals surface area contributed by atoms with Crippen LogP contribution in [0.5, 0.6) is 0 Å². The van der Waals surface area contributed by atoms with Crippen LogP contribution in [-0.2, 0) is 11.2 Å². The lowest BCUT2D eigenvalue weighted by Gasteiger charge is -2.36. The maximum atomic E-state index is 13.1. The van der Waals surface area contributed by atoms with Crippen LogP contribution in [0.15, 0.2) is 53.7 Å². The Balaban J connectivity index is 1.33. The molecule has 1 aromatic heterocycles. The highest BCUT2D eigenvalue weighted by Crippen LogP contribution is 2.17. The van der Waals surface area contributed by atoms with Crippen LogP contribution < -0.4 is 15.5 Å². The summed E-state index contributed by atoms with van der Waals surface area (Å²) in [6.45, 7) is 4.10. The Bertz CT molecular complexity index is 819. The van der Waals surface area contributed by atoms with Gasteiger partial charge in [0.2, 0.25) is 5.91 Å². The quantitative estimate of drug-likeness (QED) is 0.535. The zero-order chi connectivity index (χ0) is 21.2. The van der Waals surface area contributed by atoms with Gasteiger partial charge in [-0.3, -0.25) is 14.8 Å². The third-order valence-corrected chi connectivity index (χ3v) is 5.08. The third kappa shape index (κ3) is 6.43. The third-order valence-electron chi connectivity index (χ3n) is 5.08. The van der Waals surface area contributed by atoms with E-state index in [0.29, 0.717) is 32.0 Å². The highest BCUT2D eigenvalue weighted by Gasteiger charge is 2.21. The smallest absolute Gasteiger partial charge is 0.224 e. The van der Waals surface area contributed by atoms with Gasteiger partial charge in [-0.25, -0.2) is 4.39 Å². The fraction of sp³-hybridized carbons (Fsp3) is 0.409. The second-order valence-electron chi connectivity index (χ2n) is 7.09. The lowest BCUT2D eigenvalue weighted by Crippen LogP contribution is -2.49. The van der Waals surface area contributed by atoms with Gasteiger partial charge in [0.15, 0.2) is 5.96 Å². The number of piperazine rings is 1. The summed E-state index contributed by atoms with van der Waals surface area (Å²) in [5.41, 5.74) is 2.01. The van der Waals surface area contributed by atoms with E-state index in [1.54, 1.807) is 25.4 Å². The highest BCUT2D eigenvalue weighted by atomic mass is 19.1. The van der Waals surface area contributed by atoms with E-state index in [0.717, 1.165) is 37.4 Å². The predicted molar refractivity (Wildman–Crippen MR) is 117 cm³/mol. The number of aliphatic imine (C=N–C) groups is 1. The number of hydrogen-bond acceptors (Lipinski definition) is 4. The molecule has 1 aliphatic rings. The Hall–Kier alpha value is -3.16. The number of nitrogens with one attached hydrogen (secondary N) is 2. The molecule has 0 aliphatic carbocycles. The van der Waals surface area contributed by atoms with Gasteiger partial charge in [-0.05, 0) is 36.4 Å². The van der Waals surface area contributed by atoms with Gasteiger partial charge < -0.3 is 20.4 Å². The topological polar surface area (TPSA) is 72.9 Å². The maximum absolute atomic E-state index is 13.1. The molecule has 2 N–H and O–H groups in total. The van der Waals surface area contributed by atoms with Gasteiger partial charge in [0.1, 0.15) is 5.82 Å². The minimum Gasteiger partial charge on any atom is -0.368 e. The molecular formula is C22H29FN6O. The van der Waals surface area contributed by atoms with E-state index in [4.69, 9.17) is 0 Å². The first-order valence-electron chi connectivity index (χ1n) is 10.3. The number of hydrogen-bond donors (Lipinski definition) is 2. The van der Waals surface area contributed by atoms with Crippen molar-refractivity contribution in [2.45, 2.75) is 12.8 Å². The molecule has 1 aliphatic heterocycles. The van der Waals surface area contributed by atoms with E-state index < -0.39 is 0 Å². The number of amides is 1. The zero-order valence-corrected chi connectivity index (χ0v) is 17.4. The minimum absolute atomic E-state index is 0.130. The molecule has 0 radical (unpaired) electrons. The van der Waals surface area contributed by atoms with Gasteiger partial charge in [-0.2, -0.15) is 0 Å². The van der Waals surface area contributed by atoms with Crippen molar-refractivity contribution in [3.8, 4) is 0 Å². The van der Waals surface area contributed by atoms with E-state index in [1.165, 1.54) is 12.1 Å². The molecule has 2 heterocycles. The Morgan fingerprint density at radius 1 is 1.07 bits per heavy atom. The SMILES string of the molecule is CN=C(NCCC(=O)N1CCN(c2ccc(F)cc2)CC1)NCCc1ccccn1. The van der Waals surface area contributed by atoms with Gasteiger partial charge in [-0.15, -0.1) is 0 Å². The summed E-state index contributed by atoms with van der Waals surface area (Å²) in [5.74, 6) is 0.575. The summed E-state index contributed by atoms with van der Waals surface area (Å²) in [6.07, 6.45) is 3.00. The van der Waals surface area contributed by atoms with Gasteiger partial charge in [-0.1, -0.05) is 6.07 Å². The summed E-state index contributed by atoms with van der Waals surface area (Å²) in [4.78, 5) is 25.1. The standard InChI is InChI=1S/C22H29FN6O/c1-24-22(26-12-9-19-4-2-3-11-25-19)27-13-10-21(30)29-16-14-28(15-17-29)20-7-5-18(23)6-8-20/h2-8,11H,9-10,12-17H2,1H3,(H2,24,26,27). The molecule has 160 valence electrons. The number of rotatable bonds is 7. The number of pyridine rings is 1. The van der Waals surface area contributed by atoms with E-state index in [-0.39, 0.29) is 11.7 Å². The van der Waals surface area contributed by atoms with Gasteiger partial charge >= 0.3 is 0 Å². The predicted octanol–water partition coefficient (Wildman–Crippen LogP) is 1.67. The molecule has 8 heteroatoms. The molecule has 2 aromatic rings. The number of carbonyl (C=O) groups is 1. The molecule has 3 rings (SSSR count). The number of carbonyl (C=O) groups excluding carboxylic acids is 1. The molecule has 1 fully saturated rings. The molecule has 0 atom stereocenters. The Labute approximate surface area is 177 Å². The number of benzene rings is 1. The van der Waals surface area contributed by atoms with E-state index in [9.17, 15) is 9.18 Å². The van der Waals surface area contributed by atoms with E-state index in [1.807, 2.05) is 23.1 Å². The molecule has 0 spiro atoms. The minimum atomic E-state index is -0.235. The number of aromatic nitrogens is 1. The summed E-state index contributed by atoms with van der Waals surface area (Å²) in [6, 6.07) is 12.4. The van der Waals surface area contributed by atoms with Crippen LogP contribution in [0.1, 0.15) is 12.1 Å². The van der Waals surface area contributed by atoms with Gasteiger partial charge in [0, 0.05) is 76.7 Å². The van der Waals surface area contributed by atoms with Crippen molar-refractivity contribution in [2.75, 3.05) is 51.2 Å². The number of halogens is 1. The molecule has 30 heavy (non-hydrogen) atoms. The maximum Gasteiger partial charge on any atom is 0.224 e. The second-order valence-corrected chi connectivity index (χ2v) is 7.09. The van der Waals surface area contributed by atoms with E-state index in [2.05, 4.69) is 25.5 Å². The van der Waals surface area contributed by atoms with Crippen molar-refractivity contribution in [2.24, 2.45) is 4.99 Å². The molecule has 0 bridgehead atoms.